The molecule has 0 bridgehead atoms. The minimum absolute atomic E-state index is 0.0307. The lowest BCUT2D eigenvalue weighted by atomic mass is 10.1. The Labute approximate surface area is 104 Å². The number of carboxylic acid groups (broad SMARTS) is 1. The molecule has 1 atom stereocenters. The summed E-state index contributed by atoms with van der Waals surface area (Å²) in [5, 5.41) is 18.9. The van der Waals surface area contributed by atoms with Crippen LogP contribution in [0.2, 0.25) is 5.02 Å². The average Bonchev–Trinajstić information content (AvgIpc) is 2.59. The molecular weight excluding hydrogens is 244 g/mol. The standard InChI is InChI=1S/C11H13ClN2O3/c1-11(17)2-3-14(6-11)9-4-7(10(15)16)8(12)5-13-9/h4-5,17H,2-3,6H2,1H3,(H,15,16). The molecule has 1 aromatic rings. The van der Waals surface area contributed by atoms with Gasteiger partial charge < -0.3 is 15.1 Å². The second-order valence-corrected chi connectivity index (χ2v) is 4.90. The smallest absolute Gasteiger partial charge is 0.337 e. The highest BCUT2D eigenvalue weighted by atomic mass is 35.5. The van der Waals surface area contributed by atoms with Gasteiger partial charge in [-0.1, -0.05) is 11.6 Å². The maximum Gasteiger partial charge on any atom is 0.337 e. The second-order valence-electron chi connectivity index (χ2n) is 4.50. The van der Waals surface area contributed by atoms with E-state index in [4.69, 9.17) is 16.7 Å². The summed E-state index contributed by atoms with van der Waals surface area (Å²) in [6.07, 6.45) is 1.97. The number of aromatic carboxylic acids is 1. The molecule has 17 heavy (non-hydrogen) atoms. The molecule has 0 saturated carbocycles. The molecule has 1 unspecified atom stereocenters. The average molecular weight is 257 g/mol. The zero-order valence-corrected chi connectivity index (χ0v) is 10.1. The van der Waals surface area contributed by atoms with E-state index < -0.39 is 11.6 Å². The van der Waals surface area contributed by atoms with E-state index in [9.17, 15) is 9.90 Å². The van der Waals surface area contributed by atoms with Crippen LogP contribution in [-0.4, -0.2) is 39.9 Å². The van der Waals surface area contributed by atoms with Gasteiger partial charge in [0.2, 0.25) is 0 Å². The molecule has 0 radical (unpaired) electrons. The van der Waals surface area contributed by atoms with Crippen molar-refractivity contribution in [2.75, 3.05) is 18.0 Å². The number of anilines is 1. The summed E-state index contributed by atoms with van der Waals surface area (Å²) in [6, 6.07) is 1.44. The van der Waals surface area contributed by atoms with Crippen molar-refractivity contribution in [1.82, 2.24) is 4.98 Å². The normalized spacial score (nSPS) is 24.1. The fraction of sp³-hybridized carbons (Fsp3) is 0.455. The predicted molar refractivity (Wildman–Crippen MR) is 63.7 cm³/mol. The minimum atomic E-state index is -1.08. The van der Waals surface area contributed by atoms with Crippen LogP contribution < -0.4 is 4.90 Å². The first kappa shape index (κ1) is 12.1. The van der Waals surface area contributed by atoms with Crippen LogP contribution in [0.4, 0.5) is 5.82 Å². The minimum Gasteiger partial charge on any atom is -0.478 e. The van der Waals surface area contributed by atoms with E-state index in [1.807, 2.05) is 4.90 Å². The first-order valence-corrected chi connectivity index (χ1v) is 5.63. The van der Waals surface area contributed by atoms with Gasteiger partial charge in [-0.05, 0) is 19.4 Å². The summed E-state index contributed by atoms with van der Waals surface area (Å²) in [4.78, 5) is 16.9. The molecule has 2 N–H and O–H groups in total. The first-order chi connectivity index (χ1) is 7.89. The molecule has 6 heteroatoms. The van der Waals surface area contributed by atoms with Crippen molar-refractivity contribution in [2.24, 2.45) is 0 Å². The van der Waals surface area contributed by atoms with Crippen LogP contribution in [0.3, 0.4) is 0 Å². The van der Waals surface area contributed by atoms with Crippen LogP contribution in [0.5, 0.6) is 0 Å². The molecule has 0 amide bonds. The number of rotatable bonds is 2. The lowest BCUT2D eigenvalue weighted by Gasteiger charge is -2.20. The Morgan fingerprint density at radius 3 is 2.88 bits per heavy atom. The summed E-state index contributed by atoms with van der Waals surface area (Å²) < 4.78 is 0. The predicted octanol–water partition coefficient (Wildman–Crippen LogP) is 1.39. The van der Waals surface area contributed by atoms with Gasteiger partial charge in [-0.15, -0.1) is 0 Å². The molecule has 0 aliphatic carbocycles. The molecular formula is C11H13ClN2O3. The molecule has 1 aromatic heterocycles. The van der Waals surface area contributed by atoms with Crippen molar-refractivity contribution < 1.29 is 15.0 Å². The summed E-state index contributed by atoms with van der Waals surface area (Å²) in [7, 11) is 0. The van der Waals surface area contributed by atoms with Gasteiger partial charge in [0.1, 0.15) is 5.82 Å². The summed E-state index contributed by atoms with van der Waals surface area (Å²) in [5.41, 5.74) is -0.715. The molecule has 1 aliphatic heterocycles. The molecule has 0 spiro atoms. The molecule has 2 heterocycles. The van der Waals surface area contributed by atoms with Gasteiger partial charge in [0, 0.05) is 19.3 Å². The van der Waals surface area contributed by atoms with Crippen molar-refractivity contribution in [3.8, 4) is 0 Å². The Morgan fingerprint density at radius 1 is 1.65 bits per heavy atom. The van der Waals surface area contributed by atoms with Crippen LogP contribution >= 0.6 is 11.6 Å². The van der Waals surface area contributed by atoms with Crippen molar-refractivity contribution in [3.05, 3.63) is 22.8 Å². The van der Waals surface area contributed by atoms with E-state index in [1.54, 1.807) is 6.92 Å². The zero-order valence-electron chi connectivity index (χ0n) is 9.35. The maximum atomic E-state index is 10.9. The van der Waals surface area contributed by atoms with Crippen LogP contribution in [0.25, 0.3) is 0 Å². The molecule has 5 nitrogen and oxygen atoms in total. The third kappa shape index (κ3) is 2.50. The summed E-state index contributed by atoms with van der Waals surface area (Å²) in [6.45, 7) is 2.85. The fourth-order valence-electron chi connectivity index (χ4n) is 1.91. The Morgan fingerprint density at radius 2 is 2.35 bits per heavy atom. The van der Waals surface area contributed by atoms with Gasteiger partial charge in [-0.3, -0.25) is 0 Å². The lowest BCUT2D eigenvalue weighted by molar-refractivity contribution is 0.0697. The van der Waals surface area contributed by atoms with Crippen molar-refractivity contribution >= 4 is 23.4 Å². The Balaban J connectivity index is 2.29. The highest BCUT2D eigenvalue weighted by Crippen LogP contribution is 2.27. The van der Waals surface area contributed by atoms with Gasteiger partial charge in [0.25, 0.3) is 0 Å². The third-order valence-electron chi connectivity index (χ3n) is 2.85. The number of β-amino-alcohol motifs (C(OH)–C–C–N with tert-alkyl or cyclic N) is 1. The Hall–Kier alpha value is -1.33. The zero-order chi connectivity index (χ0) is 12.6. The van der Waals surface area contributed by atoms with Crippen LogP contribution in [0.15, 0.2) is 12.3 Å². The van der Waals surface area contributed by atoms with E-state index in [-0.39, 0.29) is 10.6 Å². The number of halogens is 1. The number of nitrogens with zero attached hydrogens (tertiary/aromatic N) is 2. The van der Waals surface area contributed by atoms with Crippen LogP contribution in [-0.2, 0) is 0 Å². The molecule has 1 aliphatic rings. The van der Waals surface area contributed by atoms with Crippen molar-refractivity contribution in [2.45, 2.75) is 18.9 Å². The number of aromatic nitrogens is 1. The number of pyridine rings is 1. The highest BCUT2D eigenvalue weighted by molar-refractivity contribution is 6.33. The second kappa shape index (κ2) is 4.16. The fourth-order valence-corrected chi connectivity index (χ4v) is 2.09. The van der Waals surface area contributed by atoms with E-state index in [0.717, 1.165) is 0 Å². The van der Waals surface area contributed by atoms with Gasteiger partial charge in [-0.2, -0.15) is 0 Å². The van der Waals surface area contributed by atoms with E-state index in [2.05, 4.69) is 4.98 Å². The van der Waals surface area contributed by atoms with Crippen LogP contribution in [0, 0.1) is 0 Å². The largest absolute Gasteiger partial charge is 0.478 e. The number of hydrogen-bond donors (Lipinski definition) is 2. The van der Waals surface area contributed by atoms with E-state index in [1.165, 1.54) is 12.3 Å². The monoisotopic (exact) mass is 256 g/mol. The van der Waals surface area contributed by atoms with Gasteiger partial charge in [-0.25, -0.2) is 9.78 Å². The van der Waals surface area contributed by atoms with Crippen molar-refractivity contribution in [3.63, 3.8) is 0 Å². The Bertz CT molecular complexity index is 462. The molecule has 0 aromatic carbocycles. The number of carbonyl (C=O) groups is 1. The summed E-state index contributed by atoms with van der Waals surface area (Å²) >= 11 is 5.74. The van der Waals surface area contributed by atoms with E-state index in [0.29, 0.717) is 25.3 Å². The summed E-state index contributed by atoms with van der Waals surface area (Å²) in [5.74, 6) is -0.547. The van der Waals surface area contributed by atoms with Gasteiger partial charge in [0.15, 0.2) is 0 Å². The number of aliphatic hydroxyl groups is 1. The van der Waals surface area contributed by atoms with E-state index >= 15 is 0 Å². The SMILES string of the molecule is CC1(O)CCN(c2cc(C(=O)O)c(Cl)cn2)C1. The Kier molecular flexibility index (Phi) is 2.97. The maximum absolute atomic E-state index is 10.9. The van der Waals surface area contributed by atoms with Gasteiger partial charge >= 0.3 is 5.97 Å². The number of hydrogen-bond acceptors (Lipinski definition) is 4. The highest BCUT2D eigenvalue weighted by Gasteiger charge is 2.32. The quantitative estimate of drug-likeness (QED) is 0.837. The van der Waals surface area contributed by atoms with Crippen molar-refractivity contribution in [1.29, 1.82) is 0 Å². The lowest BCUT2D eigenvalue weighted by Crippen LogP contribution is -2.30. The molecule has 1 saturated heterocycles. The number of carboxylic acids is 1. The first-order valence-electron chi connectivity index (χ1n) is 5.25. The third-order valence-corrected chi connectivity index (χ3v) is 3.15. The van der Waals surface area contributed by atoms with Gasteiger partial charge in [0.05, 0.1) is 16.2 Å². The topological polar surface area (TPSA) is 73.7 Å². The van der Waals surface area contributed by atoms with Crippen LogP contribution in [0.1, 0.15) is 23.7 Å². The molecule has 2 rings (SSSR count). The molecule has 92 valence electrons. The molecule has 1 fully saturated rings.